The van der Waals surface area contributed by atoms with E-state index in [1.807, 2.05) is 39.0 Å². The minimum atomic E-state index is -4.21. The summed E-state index contributed by atoms with van der Waals surface area (Å²) in [5.74, 6) is -0.371. The van der Waals surface area contributed by atoms with Gasteiger partial charge in [0.1, 0.15) is 29.9 Å². The van der Waals surface area contributed by atoms with Crippen LogP contribution in [-0.2, 0) is 26.2 Å². The summed E-state index contributed by atoms with van der Waals surface area (Å²) in [5.41, 5.74) is 0.244. The Morgan fingerprint density at radius 2 is 1.36 bits per heavy atom. The highest BCUT2D eigenvalue weighted by atomic mass is 32.2. The molecule has 0 aliphatic carbocycles. The Hall–Kier alpha value is -4.70. The van der Waals surface area contributed by atoms with E-state index in [-0.39, 0.29) is 17.1 Å². The van der Waals surface area contributed by atoms with Gasteiger partial charge in [0, 0.05) is 12.1 Å². The van der Waals surface area contributed by atoms with Crippen molar-refractivity contribution >= 4 is 27.5 Å². The van der Waals surface area contributed by atoms with E-state index in [2.05, 4.69) is 5.32 Å². The van der Waals surface area contributed by atoms with E-state index in [0.717, 1.165) is 4.31 Å². The minimum Gasteiger partial charge on any atom is -0.457 e. The van der Waals surface area contributed by atoms with Crippen LogP contribution >= 0.6 is 0 Å². The van der Waals surface area contributed by atoms with E-state index in [1.165, 1.54) is 41.3 Å². The molecule has 4 rings (SSSR count). The maximum absolute atomic E-state index is 14.0. The predicted octanol–water partition coefficient (Wildman–Crippen LogP) is 6.15. The molecule has 0 aliphatic rings. The van der Waals surface area contributed by atoms with Gasteiger partial charge in [0.25, 0.3) is 10.0 Å². The number of carbonyl (C=O) groups is 2. The second kappa shape index (κ2) is 13.7. The third-order valence-electron chi connectivity index (χ3n) is 6.65. The lowest BCUT2D eigenvalue weighted by Gasteiger charge is -2.33. The van der Waals surface area contributed by atoms with Crippen molar-refractivity contribution in [1.82, 2.24) is 10.2 Å². The van der Waals surface area contributed by atoms with E-state index >= 15 is 0 Å². The molecule has 0 bridgehead atoms. The van der Waals surface area contributed by atoms with Gasteiger partial charge in [-0.1, -0.05) is 48.5 Å². The summed E-state index contributed by atoms with van der Waals surface area (Å²) in [6.07, 6.45) is 0. The van der Waals surface area contributed by atoms with Crippen molar-refractivity contribution in [2.45, 2.75) is 50.7 Å². The van der Waals surface area contributed by atoms with Crippen molar-refractivity contribution < 1.29 is 27.1 Å². The monoisotopic (exact) mass is 617 g/mol. The van der Waals surface area contributed by atoms with Gasteiger partial charge in [0.2, 0.25) is 11.8 Å². The Morgan fingerprint density at radius 3 is 1.93 bits per heavy atom. The van der Waals surface area contributed by atoms with Crippen molar-refractivity contribution in [3.8, 4) is 11.5 Å². The second-order valence-corrected chi connectivity index (χ2v) is 13.2. The smallest absolute Gasteiger partial charge is 0.264 e. The van der Waals surface area contributed by atoms with Crippen LogP contribution in [0, 0.1) is 5.82 Å². The molecule has 0 radical (unpaired) electrons. The van der Waals surface area contributed by atoms with Crippen LogP contribution in [0.1, 0.15) is 33.3 Å². The molecule has 0 spiro atoms. The van der Waals surface area contributed by atoms with E-state index in [0.29, 0.717) is 17.1 Å². The summed E-state index contributed by atoms with van der Waals surface area (Å²) < 4.78 is 48.4. The van der Waals surface area contributed by atoms with Gasteiger partial charge in [-0.15, -0.1) is 0 Å². The van der Waals surface area contributed by atoms with Crippen LogP contribution in [0.15, 0.2) is 114 Å². The maximum atomic E-state index is 14.0. The highest BCUT2D eigenvalue weighted by molar-refractivity contribution is 7.92. The number of sulfonamides is 1. The fraction of sp³-hybridized carbons (Fsp3) is 0.235. The van der Waals surface area contributed by atoms with Gasteiger partial charge < -0.3 is 15.0 Å². The molecule has 0 saturated carbocycles. The first-order chi connectivity index (χ1) is 20.8. The topological polar surface area (TPSA) is 96.0 Å². The van der Waals surface area contributed by atoms with Crippen molar-refractivity contribution in [2.75, 3.05) is 10.8 Å². The summed E-state index contributed by atoms with van der Waals surface area (Å²) in [4.78, 5) is 28.5. The van der Waals surface area contributed by atoms with Crippen molar-refractivity contribution in [2.24, 2.45) is 0 Å². The molecule has 4 aromatic rings. The number of rotatable bonds is 11. The normalized spacial score (nSPS) is 12.2. The quantitative estimate of drug-likeness (QED) is 0.218. The van der Waals surface area contributed by atoms with Crippen LogP contribution in [0.4, 0.5) is 10.1 Å². The number of carbonyl (C=O) groups excluding carboxylic acids is 2. The van der Waals surface area contributed by atoms with Gasteiger partial charge >= 0.3 is 0 Å². The number of hydrogen-bond donors (Lipinski definition) is 1. The number of para-hydroxylation sites is 1. The SMILES string of the molecule is C[C@H](C(=O)NC(C)(C)C)N(Cc1ccc(F)cc1)C(=O)CN(c1ccc(Oc2ccccc2)cc1)S(=O)(=O)c1ccccc1. The molecule has 1 atom stereocenters. The molecule has 0 fully saturated rings. The third kappa shape index (κ3) is 8.44. The van der Waals surface area contributed by atoms with Gasteiger partial charge in [-0.3, -0.25) is 13.9 Å². The molecule has 0 heterocycles. The minimum absolute atomic E-state index is 0.000945. The summed E-state index contributed by atoms with van der Waals surface area (Å²) in [6.45, 7) is 6.41. The molecule has 10 heteroatoms. The van der Waals surface area contributed by atoms with Crippen LogP contribution in [0.5, 0.6) is 11.5 Å². The number of anilines is 1. The molecule has 0 aromatic heterocycles. The Balaban J connectivity index is 1.69. The first-order valence-corrected chi connectivity index (χ1v) is 15.5. The first-order valence-electron chi connectivity index (χ1n) is 14.1. The second-order valence-electron chi connectivity index (χ2n) is 11.3. The molecule has 4 aromatic carbocycles. The van der Waals surface area contributed by atoms with Gasteiger partial charge in [0.05, 0.1) is 10.6 Å². The lowest BCUT2D eigenvalue weighted by molar-refractivity contribution is -0.140. The van der Waals surface area contributed by atoms with E-state index < -0.39 is 45.8 Å². The third-order valence-corrected chi connectivity index (χ3v) is 8.43. The van der Waals surface area contributed by atoms with Crippen molar-refractivity contribution in [3.05, 3.63) is 121 Å². The van der Waals surface area contributed by atoms with E-state index in [9.17, 15) is 22.4 Å². The van der Waals surface area contributed by atoms with Crippen LogP contribution < -0.4 is 14.4 Å². The molecule has 0 unspecified atom stereocenters. The molecule has 8 nitrogen and oxygen atoms in total. The van der Waals surface area contributed by atoms with Crippen LogP contribution in [-0.4, -0.2) is 43.3 Å². The fourth-order valence-electron chi connectivity index (χ4n) is 4.40. The Kier molecular flexibility index (Phi) is 10.1. The zero-order valence-corrected chi connectivity index (χ0v) is 25.9. The molecule has 1 N–H and O–H groups in total. The average molecular weight is 618 g/mol. The highest BCUT2D eigenvalue weighted by Gasteiger charge is 2.33. The van der Waals surface area contributed by atoms with Gasteiger partial charge in [-0.05, 0) is 93.9 Å². The molecule has 0 aliphatic heterocycles. The molecule has 2 amide bonds. The Morgan fingerprint density at radius 1 is 0.818 bits per heavy atom. The Labute approximate surface area is 258 Å². The number of amides is 2. The number of benzene rings is 4. The van der Waals surface area contributed by atoms with Crippen molar-refractivity contribution in [3.63, 3.8) is 0 Å². The summed E-state index contributed by atoms with van der Waals surface area (Å²) in [7, 11) is -4.21. The lowest BCUT2D eigenvalue weighted by Crippen LogP contribution is -2.54. The number of ether oxygens (including phenoxy) is 1. The highest BCUT2D eigenvalue weighted by Crippen LogP contribution is 2.28. The number of hydrogen-bond acceptors (Lipinski definition) is 5. The van der Waals surface area contributed by atoms with E-state index in [1.54, 1.807) is 61.5 Å². The standard InChI is InChI=1S/C34H36FN3O5S/c1-25(33(40)36-34(2,3)4)37(23-26-15-17-27(35)18-16-26)32(39)24-38(44(41,42)31-13-9-6-10-14-31)28-19-21-30(22-20-28)43-29-11-7-5-8-12-29/h5-22,25H,23-24H2,1-4H3,(H,36,40)/t25-/m1/s1. The number of nitrogens with one attached hydrogen (secondary N) is 1. The zero-order valence-electron chi connectivity index (χ0n) is 25.1. The summed E-state index contributed by atoms with van der Waals surface area (Å²) in [6, 6.07) is 27.9. The Bertz CT molecular complexity index is 1660. The lowest BCUT2D eigenvalue weighted by atomic mass is 10.1. The predicted molar refractivity (Wildman–Crippen MR) is 168 cm³/mol. The molecule has 230 valence electrons. The van der Waals surface area contributed by atoms with Crippen molar-refractivity contribution in [1.29, 1.82) is 0 Å². The fourth-order valence-corrected chi connectivity index (χ4v) is 5.83. The molecular weight excluding hydrogens is 581 g/mol. The number of halogens is 1. The van der Waals surface area contributed by atoms with Crippen LogP contribution in [0.2, 0.25) is 0 Å². The zero-order chi connectivity index (χ0) is 31.9. The van der Waals surface area contributed by atoms with Crippen LogP contribution in [0.3, 0.4) is 0 Å². The molecule has 0 saturated heterocycles. The first kappa shape index (κ1) is 32.2. The summed E-state index contributed by atoms with van der Waals surface area (Å²) in [5, 5.41) is 2.88. The summed E-state index contributed by atoms with van der Waals surface area (Å²) >= 11 is 0. The van der Waals surface area contributed by atoms with Gasteiger partial charge in [0.15, 0.2) is 0 Å². The number of nitrogens with zero attached hydrogens (tertiary/aromatic N) is 2. The maximum Gasteiger partial charge on any atom is 0.264 e. The average Bonchev–Trinajstić information content (AvgIpc) is 2.99. The molecule has 44 heavy (non-hydrogen) atoms. The van der Waals surface area contributed by atoms with Crippen LogP contribution in [0.25, 0.3) is 0 Å². The van der Waals surface area contributed by atoms with Gasteiger partial charge in [-0.2, -0.15) is 0 Å². The van der Waals surface area contributed by atoms with Gasteiger partial charge in [-0.25, -0.2) is 12.8 Å². The van der Waals surface area contributed by atoms with E-state index in [4.69, 9.17) is 4.74 Å². The largest absolute Gasteiger partial charge is 0.457 e. The molecular formula is C34H36FN3O5S.